The van der Waals surface area contributed by atoms with Gasteiger partial charge in [-0.05, 0) is 43.7 Å². The van der Waals surface area contributed by atoms with Crippen molar-refractivity contribution in [1.29, 1.82) is 0 Å². The molecule has 1 amide bonds. The van der Waals surface area contributed by atoms with E-state index in [-0.39, 0.29) is 24.8 Å². The smallest absolute Gasteiger partial charge is 0.241 e. The van der Waals surface area contributed by atoms with Crippen LogP contribution in [0.3, 0.4) is 0 Å². The lowest BCUT2D eigenvalue weighted by atomic mass is 10.1. The van der Waals surface area contributed by atoms with Gasteiger partial charge in [0.1, 0.15) is 5.82 Å². The summed E-state index contributed by atoms with van der Waals surface area (Å²) in [5.41, 5.74) is 0.485. The highest BCUT2D eigenvalue weighted by atomic mass is 19.2. The summed E-state index contributed by atoms with van der Waals surface area (Å²) in [6.45, 7) is 3.95. The molecule has 0 aliphatic carbocycles. The highest BCUT2D eigenvalue weighted by molar-refractivity contribution is 5.92. The zero-order valence-corrected chi connectivity index (χ0v) is 16.9. The van der Waals surface area contributed by atoms with Crippen LogP contribution in [-0.2, 0) is 11.3 Å². The van der Waals surface area contributed by atoms with E-state index < -0.39 is 34.9 Å². The first-order chi connectivity index (χ1) is 14.8. The Morgan fingerprint density at radius 3 is 2.58 bits per heavy atom. The second kappa shape index (κ2) is 9.69. The van der Waals surface area contributed by atoms with Gasteiger partial charge >= 0.3 is 0 Å². The van der Waals surface area contributed by atoms with Gasteiger partial charge in [-0.25, -0.2) is 17.6 Å². The molecule has 0 bridgehead atoms. The van der Waals surface area contributed by atoms with Crippen LogP contribution >= 0.6 is 0 Å². The summed E-state index contributed by atoms with van der Waals surface area (Å²) in [6.07, 6.45) is 0.691. The van der Waals surface area contributed by atoms with Crippen LogP contribution in [0.5, 0.6) is 0 Å². The number of nitrogens with zero attached hydrogens (tertiary/aromatic N) is 3. The molecule has 0 saturated carbocycles. The number of aryl methyl sites for hydroxylation is 1. The number of carbonyl (C=O) groups excluding carboxylic acids is 1. The molecular weight excluding hydrogens is 416 g/mol. The average Bonchev–Trinajstić information content (AvgIpc) is 3.19. The Kier molecular flexibility index (Phi) is 7.01. The van der Waals surface area contributed by atoms with Crippen LogP contribution < -0.4 is 5.32 Å². The number of hydrogen-bond donors (Lipinski definition) is 1. The third kappa shape index (κ3) is 5.46. The highest BCUT2D eigenvalue weighted by Gasteiger charge is 2.19. The Balaban J connectivity index is 1.67. The van der Waals surface area contributed by atoms with Gasteiger partial charge in [-0.3, -0.25) is 9.69 Å². The van der Waals surface area contributed by atoms with Gasteiger partial charge in [-0.2, -0.15) is 4.98 Å². The summed E-state index contributed by atoms with van der Waals surface area (Å²) in [5.74, 6) is -5.08. The van der Waals surface area contributed by atoms with E-state index in [0.717, 1.165) is 12.1 Å². The topological polar surface area (TPSA) is 71.3 Å². The summed E-state index contributed by atoms with van der Waals surface area (Å²) in [6, 6.07) is 6.25. The molecule has 3 rings (SSSR count). The first-order valence-corrected chi connectivity index (χ1v) is 9.53. The molecule has 0 saturated heterocycles. The monoisotopic (exact) mass is 436 g/mol. The van der Waals surface area contributed by atoms with Gasteiger partial charge in [-0.15, -0.1) is 0 Å². The third-order valence-electron chi connectivity index (χ3n) is 4.47. The van der Waals surface area contributed by atoms with E-state index in [0.29, 0.717) is 24.1 Å². The number of nitrogens with one attached hydrogen (secondary N) is 1. The number of benzene rings is 2. The fourth-order valence-corrected chi connectivity index (χ4v) is 2.91. The van der Waals surface area contributed by atoms with Gasteiger partial charge in [0.2, 0.25) is 17.6 Å². The molecule has 3 aromatic rings. The van der Waals surface area contributed by atoms with Crippen LogP contribution in [0, 0.1) is 30.2 Å². The quantitative estimate of drug-likeness (QED) is 0.417. The zero-order chi connectivity index (χ0) is 22.5. The standard InChI is InChI=1S/C21H20F4N4O2/c1-3-8-29(10-17(30)26-16-7-6-14(22)19(24)20(16)25)11-18-27-21(28-31-18)13-5-4-12(2)15(23)9-13/h4-7,9H,3,8,10-11H2,1-2H3,(H,26,30). The molecule has 31 heavy (non-hydrogen) atoms. The van der Waals surface area contributed by atoms with Crippen LogP contribution in [0.1, 0.15) is 24.8 Å². The lowest BCUT2D eigenvalue weighted by Crippen LogP contribution is -2.33. The Morgan fingerprint density at radius 2 is 1.87 bits per heavy atom. The molecule has 0 aliphatic heterocycles. The van der Waals surface area contributed by atoms with E-state index in [1.54, 1.807) is 24.0 Å². The fraction of sp³-hybridized carbons (Fsp3) is 0.286. The van der Waals surface area contributed by atoms with Crippen LogP contribution in [0.4, 0.5) is 23.2 Å². The van der Waals surface area contributed by atoms with Crippen LogP contribution in [0.2, 0.25) is 0 Å². The molecule has 10 heteroatoms. The van der Waals surface area contributed by atoms with Gasteiger partial charge in [-0.1, -0.05) is 24.2 Å². The molecule has 0 atom stereocenters. The number of hydrogen-bond acceptors (Lipinski definition) is 5. The number of rotatable bonds is 8. The fourth-order valence-electron chi connectivity index (χ4n) is 2.91. The van der Waals surface area contributed by atoms with Gasteiger partial charge in [0, 0.05) is 5.56 Å². The van der Waals surface area contributed by atoms with Crippen molar-refractivity contribution in [1.82, 2.24) is 15.0 Å². The van der Waals surface area contributed by atoms with E-state index in [1.165, 1.54) is 6.07 Å². The van der Waals surface area contributed by atoms with Crippen molar-refractivity contribution in [3.05, 3.63) is 65.1 Å². The number of halogens is 4. The van der Waals surface area contributed by atoms with Crippen molar-refractivity contribution < 1.29 is 26.9 Å². The molecular formula is C21H20F4N4O2. The van der Waals surface area contributed by atoms with Gasteiger partial charge < -0.3 is 9.84 Å². The molecule has 0 spiro atoms. The predicted octanol–water partition coefficient (Wildman–Crippen LogP) is 4.45. The summed E-state index contributed by atoms with van der Waals surface area (Å²) < 4.78 is 59.1. The van der Waals surface area contributed by atoms with Gasteiger partial charge in [0.25, 0.3) is 0 Å². The third-order valence-corrected chi connectivity index (χ3v) is 4.47. The average molecular weight is 436 g/mol. The van der Waals surface area contributed by atoms with Gasteiger partial charge in [0.15, 0.2) is 17.5 Å². The van der Waals surface area contributed by atoms with E-state index in [9.17, 15) is 22.4 Å². The summed E-state index contributed by atoms with van der Waals surface area (Å²) in [7, 11) is 0. The lowest BCUT2D eigenvalue weighted by molar-refractivity contribution is -0.117. The zero-order valence-electron chi connectivity index (χ0n) is 16.9. The maximum atomic E-state index is 13.8. The minimum absolute atomic E-state index is 0.114. The summed E-state index contributed by atoms with van der Waals surface area (Å²) in [5, 5.41) is 6.06. The minimum Gasteiger partial charge on any atom is -0.338 e. The second-order valence-corrected chi connectivity index (χ2v) is 6.96. The van der Waals surface area contributed by atoms with Crippen LogP contribution in [0.25, 0.3) is 11.4 Å². The second-order valence-electron chi connectivity index (χ2n) is 6.96. The minimum atomic E-state index is -1.66. The molecule has 6 nitrogen and oxygen atoms in total. The first kappa shape index (κ1) is 22.4. The lowest BCUT2D eigenvalue weighted by Gasteiger charge is -2.19. The summed E-state index contributed by atoms with van der Waals surface area (Å²) in [4.78, 5) is 18.2. The molecule has 2 aromatic carbocycles. The number of anilines is 1. The van der Waals surface area contributed by atoms with Crippen LogP contribution in [0.15, 0.2) is 34.9 Å². The Hall–Kier alpha value is -3.27. The predicted molar refractivity (Wildman–Crippen MR) is 105 cm³/mol. The van der Waals surface area contributed by atoms with Crippen molar-refractivity contribution in [3.8, 4) is 11.4 Å². The van der Waals surface area contributed by atoms with Crippen molar-refractivity contribution in [2.75, 3.05) is 18.4 Å². The molecule has 1 N–H and O–H groups in total. The van der Waals surface area contributed by atoms with Crippen LogP contribution in [-0.4, -0.2) is 34.0 Å². The van der Waals surface area contributed by atoms with Crippen molar-refractivity contribution in [2.24, 2.45) is 0 Å². The Bertz CT molecular complexity index is 1090. The molecule has 0 fully saturated rings. The van der Waals surface area contributed by atoms with E-state index in [1.807, 2.05) is 6.92 Å². The van der Waals surface area contributed by atoms with Crippen molar-refractivity contribution in [3.63, 3.8) is 0 Å². The molecule has 1 aromatic heterocycles. The summed E-state index contributed by atoms with van der Waals surface area (Å²) >= 11 is 0. The normalized spacial score (nSPS) is 11.2. The van der Waals surface area contributed by atoms with E-state index in [2.05, 4.69) is 15.5 Å². The largest absolute Gasteiger partial charge is 0.338 e. The Labute approximate surface area is 175 Å². The molecule has 164 valence electrons. The maximum Gasteiger partial charge on any atom is 0.241 e. The molecule has 0 unspecified atom stereocenters. The van der Waals surface area contributed by atoms with Crippen molar-refractivity contribution in [2.45, 2.75) is 26.8 Å². The number of amides is 1. The Morgan fingerprint density at radius 1 is 1.10 bits per heavy atom. The maximum absolute atomic E-state index is 13.8. The molecule has 0 radical (unpaired) electrons. The SMILES string of the molecule is CCCN(CC(=O)Nc1ccc(F)c(F)c1F)Cc1nc(-c2ccc(C)c(F)c2)no1. The number of carbonyl (C=O) groups is 1. The number of aromatic nitrogens is 2. The van der Waals surface area contributed by atoms with Gasteiger partial charge in [0.05, 0.1) is 18.8 Å². The van der Waals surface area contributed by atoms with E-state index in [4.69, 9.17) is 4.52 Å². The first-order valence-electron chi connectivity index (χ1n) is 9.53. The van der Waals surface area contributed by atoms with E-state index >= 15 is 0 Å². The highest BCUT2D eigenvalue weighted by Crippen LogP contribution is 2.21. The molecule has 0 aliphatic rings. The van der Waals surface area contributed by atoms with Crippen molar-refractivity contribution >= 4 is 11.6 Å². The molecule has 1 heterocycles.